The first-order valence-electron chi connectivity index (χ1n) is 4.66. The molecule has 0 amide bonds. The van der Waals surface area contributed by atoms with Gasteiger partial charge in [-0.25, -0.2) is 0 Å². The van der Waals surface area contributed by atoms with Crippen molar-refractivity contribution in [3.63, 3.8) is 0 Å². The van der Waals surface area contributed by atoms with Gasteiger partial charge < -0.3 is 14.7 Å². The molecule has 3 nitrogen and oxygen atoms in total. The van der Waals surface area contributed by atoms with Crippen LogP contribution in [-0.4, -0.2) is 31.9 Å². The van der Waals surface area contributed by atoms with E-state index in [1.54, 1.807) is 14.0 Å². The third-order valence-electron chi connectivity index (χ3n) is 2.03. The first-order chi connectivity index (χ1) is 6.63. The summed E-state index contributed by atoms with van der Waals surface area (Å²) in [5, 5.41) is 9.24. The van der Waals surface area contributed by atoms with Gasteiger partial charge in [-0.1, -0.05) is 6.07 Å². The van der Waals surface area contributed by atoms with Gasteiger partial charge in [0.1, 0.15) is 5.75 Å². The molecule has 14 heavy (non-hydrogen) atoms. The number of benzene rings is 1. The van der Waals surface area contributed by atoms with Gasteiger partial charge in [0, 0.05) is 25.3 Å². The van der Waals surface area contributed by atoms with Crippen LogP contribution in [0.25, 0.3) is 0 Å². The molecule has 0 aliphatic heterocycles. The van der Waals surface area contributed by atoms with E-state index in [1.165, 1.54) is 0 Å². The Balaban J connectivity index is 2.73. The van der Waals surface area contributed by atoms with E-state index in [4.69, 9.17) is 4.74 Å². The zero-order valence-electron chi connectivity index (χ0n) is 8.90. The molecule has 0 aliphatic carbocycles. The van der Waals surface area contributed by atoms with Crippen LogP contribution in [-0.2, 0) is 0 Å². The van der Waals surface area contributed by atoms with Crippen molar-refractivity contribution >= 4 is 5.69 Å². The minimum atomic E-state index is -0.328. The van der Waals surface area contributed by atoms with Gasteiger partial charge in [0.2, 0.25) is 0 Å². The van der Waals surface area contributed by atoms with Crippen LogP contribution >= 0.6 is 0 Å². The molecule has 3 heteroatoms. The average Bonchev–Trinajstić information content (AvgIpc) is 2.17. The molecule has 0 saturated heterocycles. The zero-order chi connectivity index (χ0) is 10.6. The van der Waals surface area contributed by atoms with Crippen molar-refractivity contribution in [3.05, 3.63) is 24.3 Å². The van der Waals surface area contributed by atoms with E-state index in [-0.39, 0.29) is 6.10 Å². The summed E-state index contributed by atoms with van der Waals surface area (Å²) < 4.78 is 5.12. The maximum atomic E-state index is 9.24. The summed E-state index contributed by atoms with van der Waals surface area (Å²) in [5.74, 6) is 0.833. The van der Waals surface area contributed by atoms with Crippen LogP contribution < -0.4 is 9.64 Å². The SMILES string of the molecule is COc1cccc(N(C)CC(C)O)c1. The first-order valence-corrected chi connectivity index (χ1v) is 4.66. The second-order valence-corrected chi connectivity index (χ2v) is 3.43. The molecule has 0 saturated carbocycles. The van der Waals surface area contributed by atoms with Gasteiger partial charge in [-0.05, 0) is 19.1 Å². The lowest BCUT2D eigenvalue weighted by molar-refractivity contribution is 0.201. The van der Waals surface area contributed by atoms with Crippen molar-refractivity contribution in [1.82, 2.24) is 0 Å². The van der Waals surface area contributed by atoms with Crippen LogP contribution in [0.4, 0.5) is 5.69 Å². The Morgan fingerprint density at radius 1 is 1.50 bits per heavy atom. The summed E-state index contributed by atoms with van der Waals surface area (Å²) in [4.78, 5) is 1.99. The molecule has 1 atom stereocenters. The van der Waals surface area contributed by atoms with Crippen molar-refractivity contribution in [2.24, 2.45) is 0 Å². The Morgan fingerprint density at radius 2 is 2.21 bits per heavy atom. The lowest BCUT2D eigenvalue weighted by atomic mass is 10.2. The summed E-state index contributed by atoms with van der Waals surface area (Å²) in [5.41, 5.74) is 1.05. The molecule has 1 unspecified atom stereocenters. The number of hydrogen-bond acceptors (Lipinski definition) is 3. The molecule has 0 bridgehead atoms. The van der Waals surface area contributed by atoms with Crippen molar-refractivity contribution in [3.8, 4) is 5.75 Å². The predicted octanol–water partition coefficient (Wildman–Crippen LogP) is 1.51. The fourth-order valence-electron chi connectivity index (χ4n) is 1.35. The fraction of sp³-hybridized carbons (Fsp3) is 0.455. The standard InChI is InChI=1S/C11H17NO2/c1-9(13)8-12(2)10-5-4-6-11(7-10)14-3/h4-7,9,13H,8H2,1-3H3. The van der Waals surface area contributed by atoms with E-state index in [0.717, 1.165) is 11.4 Å². The lowest BCUT2D eigenvalue weighted by Crippen LogP contribution is -2.26. The summed E-state index contributed by atoms with van der Waals surface area (Å²) in [7, 11) is 3.59. The Bertz CT molecular complexity index is 286. The number of anilines is 1. The second kappa shape index (κ2) is 4.86. The van der Waals surface area contributed by atoms with Crippen molar-refractivity contribution < 1.29 is 9.84 Å². The number of methoxy groups -OCH3 is 1. The maximum absolute atomic E-state index is 9.24. The number of nitrogens with zero attached hydrogens (tertiary/aromatic N) is 1. The first kappa shape index (κ1) is 10.9. The number of likely N-dealkylation sites (N-methyl/N-ethyl adjacent to an activating group) is 1. The quantitative estimate of drug-likeness (QED) is 0.790. The van der Waals surface area contributed by atoms with Crippen LogP contribution in [0, 0.1) is 0 Å². The normalized spacial score (nSPS) is 12.3. The van der Waals surface area contributed by atoms with Crippen LogP contribution in [0.2, 0.25) is 0 Å². The molecule has 1 aromatic carbocycles. The van der Waals surface area contributed by atoms with E-state index in [2.05, 4.69) is 0 Å². The van der Waals surface area contributed by atoms with Crippen molar-refractivity contribution in [1.29, 1.82) is 0 Å². The van der Waals surface area contributed by atoms with Crippen molar-refractivity contribution in [2.75, 3.05) is 25.6 Å². The summed E-state index contributed by atoms with van der Waals surface area (Å²) >= 11 is 0. The van der Waals surface area contributed by atoms with Crippen LogP contribution in [0.3, 0.4) is 0 Å². The highest BCUT2D eigenvalue weighted by Gasteiger charge is 2.04. The van der Waals surface area contributed by atoms with Gasteiger partial charge in [-0.15, -0.1) is 0 Å². The van der Waals surface area contributed by atoms with E-state index in [1.807, 2.05) is 36.2 Å². The molecular weight excluding hydrogens is 178 g/mol. The van der Waals surface area contributed by atoms with Crippen molar-refractivity contribution in [2.45, 2.75) is 13.0 Å². The molecule has 0 aliphatic rings. The van der Waals surface area contributed by atoms with E-state index in [9.17, 15) is 5.11 Å². The number of hydrogen-bond donors (Lipinski definition) is 1. The maximum Gasteiger partial charge on any atom is 0.120 e. The van der Waals surface area contributed by atoms with E-state index in [0.29, 0.717) is 6.54 Å². The van der Waals surface area contributed by atoms with Gasteiger partial charge in [-0.2, -0.15) is 0 Å². The van der Waals surface area contributed by atoms with Gasteiger partial charge in [0.25, 0.3) is 0 Å². The molecule has 1 aromatic rings. The van der Waals surface area contributed by atoms with Crippen LogP contribution in [0.15, 0.2) is 24.3 Å². The number of rotatable bonds is 4. The molecule has 0 fully saturated rings. The Labute approximate surface area is 84.9 Å². The smallest absolute Gasteiger partial charge is 0.120 e. The largest absolute Gasteiger partial charge is 0.497 e. The molecule has 0 radical (unpaired) electrons. The molecular formula is C11H17NO2. The highest BCUT2D eigenvalue weighted by atomic mass is 16.5. The third-order valence-corrected chi connectivity index (χ3v) is 2.03. The van der Waals surface area contributed by atoms with Crippen LogP contribution in [0.1, 0.15) is 6.92 Å². The molecule has 1 rings (SSSR count). The number of aliphatic hydroxyl groups is 1. The molecule has 0 heterocycles. The Kier molecular flexibility index (Phi) is 3.77. The minimum absolute atomic E-state index is 0.328. The van der Waals surface area contributed by atoms with Gasteiger partial charge in [-0.3, -0.25) is 0 Å². The highest BCUT2D eigenvalue weighted by molar-refractivity contribution is 5.50. The summed E-state index contributed by atoms with van der Waals surface area (Å²) in [6, 6.07) is 7.78. The summed E-state index contributed by atoms with van der Waals surface area (Å²) in [6.45, 7) is 2.39. The number of ether oxygens (including phenoxy) is 1. The second-order valence-electron chi connectivity index (χ2n) is 3.43. The highest BCUT2D eigenvalue weighted by Crippen LogP contribution is 2.19. The molecule has 0 aromatic heterocycles. The molecule has 78 valence electrons. The number of aliphatic hydroxyl groups excluding tert-OH is 1. The van der Waals surface area contributed by atoms with E-state index >= 15 is 0 Å². The minimum Gasteiger partial charge on any atom is -0.497 e. The Morgan fingerprint density at radius 3 is 2.79 bits per heavy atom. The van der Waals surface area contributed by atoms with Gasteiger partial charge in [0.05, 0.1) is 13.2 Å². The fourth-order valence-corrected chi connectivity index (χ4v) is 1.35. The Hall–Kier alpha value is -1.22. The average molecular weight is 195 g/mol. The monoisotopic (exact) mass is 195 g/mol. The van der Waals surface area contributed by atoms with Gasteiger partial charge in [0.15, 0.2) is 0 Å². The van der Waals surface area contributed by atoms with E-state index < -0.39 is 0 Å². The van der Waals surface area contributed by atoms with Crippen LogP contribution in [0.5, 0.6) is 5.75 Å². The molecule has 1 N–H and O–H groups in total. The summed E-state index contributed by atoms with van der Waals surface area (Å²) in [6.07, 6.45) is -0.328. The zero-order valence-corrected chi connectivity index (χ0v) is 8.90. The lowest BCUT2D eigenvalue weighted by Gasteiger charge is -2.21. The predicted molar refractivity (Wildman–Crippen MR) is 57.9 cm³/mol. The van der Waals surface area contributed by atoms with Gasteiger partial charge >= 0.3 is 0 Å². The topological polar surface area (TPSA) is 32.7 Å². The third kappa shape index (κ3) is 2.92. The molecule has 0 spiro atoms.